The molecule has 0 unspecified atom stereocenters. The Morgan fingerprint density at radius 2 is 1.95 bits per heavy atom. The number of rotatable bonds is 6. The van der Waals surface area contributed by atoms with Gasteiger partial charge in [-0.1, -0.05) is 28.1 Å². The molecule has 0 radical (unpaired) electrons. The molecule has 110 valence electrons. The predicted octanol–water partition coefficient (Wildman–Crippen LogP) is 1.83. The molecule has 1 amide bonds. The van der Waals surface area contributed by atoms with Gasteiger partial charge in [0.2, 0.25) is 5.91 Å². The van der Waals surface area contributed by atoms with E-state index in [1.54, 1.807) is 0 Å². The highest BCUT2D eigenvalue weighted by molar-refractivity contribution is 9.10. The van der Waals surface area contributed by atoms with E-state index in [0.29, 0.717) is 6.42 Å². The Balaban J connectivity index is 1.59. The number of hydrogen-bond donors (Lipinski definition) is 1. The number of morpholine rings is 1. The second-order valence-corrected chi connectivity index (χ2v) is 5.85. The van der Waals surface area contributed by atoms with Crippen LogP contribution in [-0.2, 0) is 16.0 Å². The van der Waals surface area contributed by atoms with E-state index in [4.69, 9.17) is 4.74 Å². The SMILES string of the molecule is O=C(CCc1ccc(Br)cc1)NCCN1CCOCC1. The lowest BCUT2D eigenvalue weighted by Crippen LogP contribution is -2.41. The molecule has 1 aliphatic rings. The Hall–Kier alpha value is -0.910. The summed E-state index contributed by atoms with van der Waals surface area (Å²) in [7, 11) is 0. The maximum absolute atomic E-state index is 11.8. The molecular weight excluding hydrogens is 320 g/mol. The second kappa shape index (κ2) is 8.39. The Morgan fingerprint density at radius 1 is 1.25 bits per heavy atom. The van der Waals surface area contributed by atoms with Crippen molar-refractivity contribution in [3.63, 3.8) is 0 Å². The number of ether oxygens (including phenoxy) is 1. The summed E-state index contributed by atoms with van der Waals surface area (Å²) in [4.78, 5) is 14.1. The van der Waals surface area contributed by atoms with Crippen LogP contribution in [0.3, 0.4) is 0 Å². The third-order valence-electron chi connectivity index (χ3n) is 3.41. The van der Waals surface area contributed by atoms with Gasteiger partial charge in [-0.05, 0) is 24.1 Å². The highest BCUT2D eigenvalue weighted by Gasteiger charge is 2.10. The summed E-state index contributed by atoms with van der Waals surface area (Å²) in [6.07, 6.45) is 1.33. The Labute approximate surface area is 128 Å². The van der Waals surface area contributed by atoms with E-state index in [1.807, 2.05) is 24.3 Å². The zero-order valence-electron chi connectivity index (χ0n) is 11.6. The zero-order chi connectivity index (χ0) is 14.2. The van der Waals surface area contributed by atoms with Crippen molar-refractivity contribution in [2.75, 3.05) is 39.4 Å². The topological polar surface area (TPSA) is 41.6 Å². The van der Waals surface area contributed by atoms with Gasteiger partial charge in [0.15, 0.2) is 0 Å². The van der Waals surface area contributed by atoms with Crippen LogP contribution in [0.25, 0.3) is 0 Å². The van der Waals surface area contributed by atoms with E-state index in [2.05, 4.69) is 26.1 Å². The van der Waals surface area contributed by atoms with Crippen molar-refractivity contribution in [1.82, 2.24) is 10.2 Å². The van der Waals surface area contributed by atoms with E-state index in [0.717, 1.165) is 50.3 Å². The first-order valence-corrected chi connectivity index (χ1v) is 7.84. The van der Waals surface area contributed by atoms with Crippen molar-refractivity contribution in [1.29, 1.82) is 0 Å². The van der Waals surface area contributed by atoms with Gasteiger partial charge in [-0.15, -0.1) is 0 Å². The molecule has 1 aromatic carbocycles. The van der Waals surface area contributed by atoms with E-state index >= 15 is 0 Å². The number of carbonyl (C=O) groups excluding carboxylic acids is 1. The molecule has 1 aromatic rings. The van der Waals surface area contributed by atoms with E-state index in [-0.39, 0.29) is 5.91 Å². The third kappa shape index (κ3) is 5.61. The molecule has 0 aromatic heterocycles. The summed E-state index contributed by atoms with van der Waals surface area (Å²) in [6.45, 7) is 5.17. The molecule has 1 aliphatic heterocycles. The van der Waals surface area contributed by atoms with Crippen LogP contribution in [0, 0.1) is 0 Å². The van der Waals surface area contributed by atoms with Crippen molar-refractivity contribution in [2.45, 2.75) is 12.8 Å². The number of nitrogens with one attached hydrogen (secondary N) is 1. The van der Waals surface area contributed by atoms with Crippen LogP contribution in [0.2, 0.25) is 0 Å². The van der Waals surface area contributed by atoms with Crippen LogP contribution in [0.1, 0.15) is 12.0 Å². The summed E-state index contributed by atoms with van der Waals surface area (Å²) in [6, 6.07) is 8.10. The Kier molecular flexibility index (Phi) is 6.50. The first kappa shape index (κ1) is 15.5. The average Bonchev–Trinajstić information content (AvgIpc) is 2.48. The molecule has 1 N–H and O–H groups in total. The van der Waals surface area contributed by atoms with Gasteiger partial charge in [-0.2, -0.15) is 0 Å². The fourth-order valence-corrected chi connectivity index (χ4v) is 2.44. The van der Waals surface area contributed by atoms with Crippen molar-refractivity contribution in [3.8, 4) is 0 Å². The van der Waals surface area contributed by atoms with Crippen LogP contribution >= 0.6 is 15.9 Å². The zero-order valence-corrected chi connectivity index (χ0v) is 13.2. The summed E-state index contributed by atoms with van der Waals surface area (Å²) in [5.41, 5.74) is 1.19. The van der Waals surface area contributed by atoms with Crippen molar-refractivity contribution in [3.05, 3.63) is 34.3 Å². The van der Waals surface area contributed by atoms with Crippen molar-refractivity contribution in [2.24, 2.45) is 0 Å². The molecule has 5 heteroatoms. The van der Waals surface area contributed by atoms with Crippen LogP contribution in [0.4, 0.5) is 0 Å². The molecule has 4 nitrogen and oxygen atoms in total. The van der Waals surface area contributed by atoms with E-state index in [1.165, 1.54) is 5.56 Å². The minimum Gasteiger partial charge on any atom is -0.379 e. The smallest absolute Gasteiger partial charge is 0.220 e. The standard InChI is InChI=1S/C15H21BrN2O2/c16-14-4-1-13(2-5-14)3-6-15(19)17-7-8-18-9-11-20-12-10-18/h1-2,4-5H,3,6-12H2,(H,17,19). The summed E-state index contributed by atoms with van der Waals surface area (Å²) in [5, 5.41) is 2.98. The van der Waals surface area contributed by atoms with Gasteiger partial charge in [0, 0.05) is 37.1 Å². The largest absolute Gasteiger partial charge is 0.379 e. The molecule has 2 rings (SSSR count). The molecule has 0 aliphatic carbocycles. The number of carbonyl (C=O) groups is 1. The number of amides is 1. The van der Waals surface area contributed by atoms with Crippen LogP contribution in [-0.4, -0.2) is 50.2 Å². The monoisotopic (exact) mass is 340 g/mol. The van der Waals surface area contributed by atoms with Gasteiger partial charge in [0.25, 0.3) is 0 Å². The number of halogens is 1. The Bertz CT molecular complexity index is 416. The van der Waals surface area contributed by atoms with Gasteiger partial charge < -0.3 is 10.1 Å². The lowest BCUT2D eigenvalue weighted by Gasteiger charge is -2.26. The molecule has 1 saturated heterocycles. The summed E-state index contributed by atoms with van der Waals surface area (Å²) < 4.78 is 6.36. The molecule has 1 heterocycles. The molecule has 20 heavy (non-hydrogen) atoms. The van der Waals surface area contributed by atoms with Gasteiger partial charge in [0.1, 0.15) is 0 Å². The van der Waals surface area contributed by atoms with Crippen molar-refractivity contribution < 1.29 is 9.53 Å². The minimum atomic E-state index is 0.126. The predicted molar refractivity (Wildman–Crippen MR) is 82.7 cm³/mol. The highest BCUT2D eigenvalue weighted by Crippen LogP contribution is 2.11. The van der Waals surface area contributed by atoms with Crippen LogP contribution < -0.4 is 5.32 Å². The molecule has 0 spiro atoms. The minimum absolute atomic E-state index is 0.126. The number of hydrogen-bond acceptors (Lipinski definition) is 3. The van der Waals surface area contributed by atoms with Gasteiger partial charge in [-0.25, -0.2) is 0 Å². The van der Waals surface area contributed by atoms with Crippen LogP contribution in [0.5, 0.6) is 0 Å². The number of nitrogens with zero attached hydrogens (tertiary/aromatic N) is 1. The summed E-state index contributed by atoms with van der Waals surface area (Å²) >= 11 is 3.40. The van der Waals surface area contributed by atoms with Gasteiger partial charge >= 0.3 is 0 Å². The lowest BCUT2D eigenvalue weighted by atomic mass is 10.1. The quantitative estimate of drug-likeness (QED) is 0.858. The highest BCUT2D eigenvalue weighted by atomic mass is 79.9. The third-order valence-corrected chi connectivity index (χ3v) is 3.94. The first-order valence-electron chi connectivity index (χ1n) is 7.05. The normalized spacial score (nSPS) is 16.1. The van der Waals surface area contributed by atoms with Gasteiger partial charge in [0.05, 0.1) is 13.2 Å². The maximum atomic E-state index is 11.8. The fourth-order valence-electron chi connectivity index (χ4n) is 2.18. The molecular formula is C15H21BrN2O2. The van der Waals surface area contributed by atoms with Crippen molar-refractivity contribution >= 4 is 21.8 Å². The summed E-state index contributed by atoms with van der Waals surface area (Å²) in [5.74, 6) is 0.126. The fraction of sp³-hybridized carbons (Fsp3) is 0.533. The van der Waals surface area contributed by atoms with E-state index < -0.39 is 0 Å². The molecule has 1 fully saturated rings. The number of benzene rings is 1. The maximum Gasteiger partial charge on any atom is 0.220 e. The van der Waals surface area contributed by atoms with Crippen LogP contribution in [0.15, 0.2) is 28.7 Å². The molecule has 0 atom stereocenters. The molecule has 0 saturated carbocycles. The Morgan fingerprint density at radius 3 is 2.65 bits per heavy atom. The average molecular weight is 341 g/mol. The second-order valence-electron chi connectivity index (χ2n) is 4.93. The molecule has 0 bridgehead atoms. The lowest BCUT2D eigenvalue weighted by molar-refractivity contribution is -0.121. The first-order chi connectivity index (χ1) is 9.74. The number of aryl methyl sites for hydroxylation is 1. The van der Waals surface area contributed by atoms with Gasteiger partial charge in [-0.3, -0.25) is 9.69 Å². The van der Waals surface area contributed by atoms with E-state index in [9.17, 15) is 4.79 Å².